The van der Waals surface area contributed by atoms with E-state index >= 15 is 0 Å². The van der Waals surface area contributed by atoms with Gasteiger partial charge < -0.3 is 10.1 Å². The minimum atomic E-state index is -0.449. The van der Waals surface area contributed by atoms with Crippen molar-refractivity contribution in [2.45, 2.75) is 59.3 Å². The smallest absolute Gasteiger partial charge is 0.227 e. The van der Waals surface area contributed by atoms with Crippen LogP contribution in [0.5, 0.6) is 11.5 Å². The first-order chi connectivity index (χ1) is 19.9. The molecule has 41 heavy (non-hydrogen) atoms. The summed E-state index contributed by atoms with van der Waals surface area (Å²) in [6, 6.07) is 23.1. The Morgan fingerprint density at radius 1 is 0.951 bits per heavy atom. The third kappa shape index (κ3) is 11.5. The average molecular weight is 557 g/mol. The van der Waals surface area contributed by atoms with Crippen molar-refractivity contribution >= 4 is 23.1 Å². The van der Waals surface area contributed by atoms with E-state index in [0.29, 0.717) is 23.6 Å². The van der Waals surface area contributed by atoms with Crippen molar-refractivity contribution in [3.8, 4) is 11.5 Å². The summed E-state index contributed by atoms with van der Waals surface area (Å²) < 4.78 is 18.9. The minimum Gasteiger partial charge on any atom is -0.457 e. The molecule has 1 N–H and O–H groups in total. The van der Waals surface area contributed by atoms with Gasteiger partial charge in [-0.15, -0.1) is 0 Å². The number of nitrogens with zero attached hydrogens (tertiary/aromatic N) is 1. The van der Waals surface area contributed by atoms with E-state index in [1.807, 2.05) is 37.3 Å². The van der Waals surface area contributed by atoms with Gasteiger partial charge in [0.1, 0.15) is 23.1 Å². The van der Waals surface area contributed by atoms with E-state index in [9.17, 15) is 14.0 Å². The maximum atomic E-state index is 13.5. The highest BCUT2D eigenvalue weighted by atomic mass is 19.1. The highest BCUT2D eigenvalue weighted by Crippen LogP contribution is 2.27. The van der Waals surface area contributed by atoms with E-state index < -0.39 is 5.92 Å². The Morgan fingerprint density at radius 2 is 1.61 bits per heavy atom. The Labute approximate surface area is 243 Å². The maximum absolute atomic E-state index is 13.5. The number of allylic oxidation sites excluding steroid dienone is 2. The van der Waals surface area contributed by atoms with Gasteiger partial charge >= 0.3 is 0 Å². The average Bonchev–Trinajstić information content (AvgIpc) is 2.98. The number of hydrogen-bond acceptors (Lipinski definition) is 4. The summed E-state index contributed by atoms with van der Waals surface area (Å²) in [7, 11) is 0. The lowest BCUT2D eigenvalue weighted by Gasteiger charge is -2.22. The van der Waals surface area contributed by atoms with Crippen LogP contribution in [-0.2, 0) is 16.0 Å². The van der Waals surface area contributed by atoms with Crippen LogP contribution < -0.4 is 10.1 Å². The predicted molar refractivity (Wildman–Crippen MR) is 165 cm³/mol. The van der Waals surface area contributed by atoms with Crippen LogP contribution in [0.3, 0.4) is 0 Å². The molecule has 1 amide bonds. The third-order valence-electron chi connectivity index (χ3n) is 6.87. The van der Waals surface area contributed by atoms with Crippen molar-refractivity contribution in [2.75, 3.05) is 11.9 Å². The number of rotatable bonds is 16. The lowest BCUT2D eigenvalue weighted by molar-refractivity contribution is -0.126. The fraction of sp³-hybridized carbons (Fsp3) is 0.343. The molecule has 0 aliphatic rings. The molecule has 0 aliphatic heterocycles. The first-order valence-electron chi connectivity index (χ1n) is 14.4. The summed E-state index contributed by atoms with van der Waals surface area (Å²) in [5.41, 5.74) is 2.75. The molecule has 0 aromatic heterocycles. The Kier molecular flexibility index (Phi) is 13.0. The lowest BCUT2D eigenvalue weighted by atomic mass is 9.84. The van der Waals surface area contributed by atoms with E-state index in [4.69, 9.17) is 4.74 Å². The second-order valence-corrected chi connectivity index (χ2v) is 10.3. The van der Waals surface area contributed by atoms with Gasteiger partial charge in [-0.25, -0.2) is 4.39 Å². The number of ketones is 1. The molecule has 216 valence electrons. The molecule has 0 unspecified atom stereocenters. The van der Waals surface area contributed by atoms with Gasteiger partial charge in [0.2, 0.25) is 5.91 Å². The Hall–Kier alpha value is -4.06. The van der Waals surface area contributed by atoms with Crippen LogP contribution in [0.4, 0.5) is 10.1 Å². The van der Waals surface area contributed by atoms with Crippen LogP contribution in [-0.4, -0.2) is 23.9 Å². The molecule has 3 aromatic rings. The van der Waals surface area contributed by atoms with Crippen LogP contribution in [0.15, 0.2) is 96.0 Å². The molecule has 0 bridgehead atoms. The number of aliphatic imine (C=N–C) groups is 1. The van der Waals surface area contributed by atoms with E-state index in [1.54, 1.807) is 36.4 Å². The molecule has 5 nitrogen and oxygen atoms in total. The number of Topliss-reactive ketones (excluding diaryl/α,β-unsaturated/α-hetero) is 1. The second-order valence-electron chi connectivity index (χ2n) is 10.3. The van der Waals surface area contributed by atoms with Gasteiger partial charge in [0.15, 0.2) is 0 Å². The first-order valence-corrected chi connectivity index (χ1v) is 14.4. The SMILES string of the molecule is CCC/N=C(C)\C=C\CC(=O)C[C@@H](C[C@H](CC)Cc1ccccc1)C(=O)Nc1ccc(Oc2ccc(F)cc2)cc1. The van der Waals surface area contributed by atoms with Gasteiger partial charge in [-0.3, -0.25) is 14.6 Å². The molecule has 3 aromatic carbocycles. The fourth-order valence-electron chi connectivity index (χ4n) is 4.58. The van der Waals surface area contributed by atoms with Crippen molar-refractivity contribution in [3.05, 3.63) is 102 Å². The largest absolute Gasteiger partial charge is 0.457 e. The topological polar surface area (TPSA) is 67.8 Å². The van der Waals surface area contributed by atoms with Gasteiger partial charge in [0, 0.05) is 36.7 Å². The number of hydrogen-bond donors (Lipinski definition) is 1. The number of halogens is 1. The number of nitrogens with one attached hydrogen (secondary N) is 1. The zero-order chi connectivity index (χ0) is 29.5. The van der Waals surface area contributed by atoms with Crippen molar-refractivity contribution in [3.63, 3.8) is 0 Å². The maximum Gasteiger partial charge on any atom is 0.227 e. The molecule has 3 rings (SSSR count). The normalized spacial score (nSPS) is 13.1. The Bertz CT molecular complexity index is 1290. The summed E-state index contributed by atoms with van der Waals surface area (Å²) >= 11 is 0. The number of anilines is 1. The van der Waals surface area contributed by atoms with Gasteiger partial charge in [-0.2, -0.15) is 0 Å². The lowest BCUT2D eigenvalue weighted by Crippen LogP contribution is -2.27. The number of carbonyl (C=O) groups is 2. The van der Waals surface area contributed by atoms with Crippen molar-refractivity contribution in [1.82, 2.24) is 0 Å². The molecule has 2 atom stereocenters. The van der Waals surface area contributed by atoms with Gasteiger partial charge in [-0.1, -0.05) is 56.7 Å². The van der Waals surface area contributed by atoms with Crippen LogP contribution in [0.1, 0.15) is 58.4 Å². The zero-order valence-electron chi connectivity index (χ0n) is 24.3. The quantitative estimate of drug-likeness (QED) is 0.180. The number of amides is 1. The molecule has 0 aliphatic carbocycles. The standard InChI is InChI=1S/C35H41FN2O3/c1-4-22-37-26(3)10-9-13-32(39)25-29(24-27(5-2)23-28-11-7-6-8-12-28)35(40)38-31-16-20-34(21-17-31)41-33-18-14-30(36)15-19-33/h6-12,14-21,27,29H,4-5,13,22-25H2,1-3H3,(H,38,40)/b10-9+,37-26-/t27-,29-/m1/s1. The third-order valence-corrected chi connectivity index (χ3v) is 6.87. The molecule has 6 heteroatoms. The highest BCUT2D eigenvalue weighted by Gasteiger charge is 2.25. The number of benzene rings is 3. The molecule has 0 saturated heterocycles. The Morgan fingerprint density at radius 3 is 2.24 bits per heavy atom. The van der Waals surface area contributed by atoms with Crippen LogP contribution in [0.25, 0.3) is 0 Å². The molecular formula is C35H41FN2O3. The first kappa shape index (κ1) is 31.5. The molecule has 0 spiro atoms. The summed E-state index contributed by atoms with van der Waals surface area (Å²) in [5.74, 6) is 0.445. The summed E-state index contributed by atoms with van der Waals surface area (Å²) in [6.45, 7) is 6.90. The van der Waals surface area contributed by atoms with Crippen LogP contribution in [0, 0.1) is 17.7 Å². The fourth-order valence-corrected chi connectivity index (χ4v) is 4.58. The molecule has 0 fully saturated rings. The Balaban J connectivity index is 1.67. The van der Waals surface area contributed by atoms with Gasteiger partial charge in [0.05, 0.1) is 0 Å². The van der Waals surface area contributed by atoms with E-state index in [1.165, 1.54) is 17.7 Å². The van der Waals surface area contributed by atoms with Crippen LogP contribution in [0.2, 0.25) is 0 Å². The minimum absolute atomic E-state index is 0.0299. The van der Waals surface area contributed by atoms with E-state index in [2.05, 4.69) is 36.3 Å². The summed E-state index contributed by atoms with van der Waals surface area (Å²) in [6.07, 6.45) is 7.54. The summed E-state index contributed by atoms with van der Waals surface area (Å²) in [4.78, 5) is 30.9. The van der Waals surface area contributed by atoms with Gasteiger partial charge in [-0.05, 0) is 92.3 Å². The van der Waals surface area contributed by atoms with Crippen molar-refractivity contribution in [2.24, 2.45) is 16.8 Å². The molecule has 0 saturated carbocycles. The molecular weight excluding hydrogens is 515 g/mol. The summed E-state index contributed by atoms with van der Waals surface area (Å²) in [5, 5.41) is 3.00. The molecule has 0 radical (unpaired) electrons. The second kappa shape index (κ2) is 16.9. The predicted octanol–water partition coefficient (Wildman–Crippen LogP) is 8.61. The molecule has 0 heterocycles. The monoisotopic (exact) mass is 556 g/mol. The number of carbonyl (C=O) groups excluding carboxylic acids is 2. The van der Waals surface area contributed by atoms with Crippen molar-refractivity contribution < 1.29 is 18.7 Å². The van der Waals surface area contributed by atoms with E-state index in [-0.39, 0.29) is 36.3 Å². The highest BCUT2D eigenvalue weighted by molar-refractivity contribution is 5.96. The number of ether oxygens (including phenoxy) is 1. The van der Waals surface area contributed by atoms with Gasteiger partial charge in [0.25, 0.3) is 0 Å². The van der Waals surface area contributed by atoms with Crippen LogP contribution >= 0.6 is 0 Å². The zero-order valence-corrected chi connectivity index (χ0v) is 24.3. The van der Waals surface area contributed by atoms with E-state index in [0.717, 1.165) is 31.5 Å². The van der Waals surface area contributed by atoms with Crippen molar-refractivity contribution in [1.29, 1.82) is 0 Å².